The smallest absolute Gasteiger partial charge is 0.0935 e. The molecule has 0 spiro atoms. The molecule has 6 aromatic rings. The Morgan fingerprint density at radius 2 is 0.737 bits per heavy atom. The molecular formula is C32H22N6. The highest BCUT2D eigenvalue weighted by Crippen LogP contribution is 2.29. The summed E-state index contributed by atoms with van der Waals surface area (Å²) in [5.41, 5.74) is 4.61. The monoisotopic (exact) mass is 490 g/mol. The highest BCUT2D eigenvalue weighted by atomic mass is 15.1. The molecular weight excluding hydrogens is 468 g/mol. The van der Waals surface area contributed by atoms with E-state index in [4.69, 9.17) is 0 Å². The first-order valence-electron chi connectivity index (χ1n) is 12.2. The summed E-state index contributed by atoms with van der Waals surface area (Å²) in [6.45, 7) is 0. The molecule has 38 heavy (non-hydrogen) atoms. The molecule has 6 nitrogen and oxygen atoms in total. The summed E-state index contributed by atoms with van der Waals surface area (Å²) in [7, 11) is 0. The van der Waals surface area contributed by atoms with E-state index < -0.39 is 0 Å². The van der Waals surface area contributed by atoms with Gasteiger partial charge in [0.25, 0.3) is 0 Å². The first-order chi connectivity index (χ1) is 18.8. The Morgan fingerprint density at radius 3 is 1.37 bits per heavy atom. The molecule has 0 saturated heterocycles. The zero-order valence-electron chi connectivity index (χ0n) is 20.4. The lowest BCUT2D eigenvalue weighted by atomic mass is 10.1. The van der Waals surface area contributed by atoms with Crippen molar-refractivity contribution in [1.29, 1.82) is 0 Å². The van der Waals surface area contributed by atoms with Crippen LogP contribution in [-0.2, 0) is 0 Å². The number of hydrogen-bond donors (Lipinski definition) is 0. The van der Waals surface area contributed by atoms with Crippen molar-refractivity contribution in [2.45, 2.75) is 0 Å². The highest BCUT2D eigenvalue weighted by molar-refractivity contribution is 5.92. The molecule has 0 aliphatic rings. The van der Waals surface area contributed by atoms with Crippen molar-refractivity contribution in [2.75, 3.05) is 0 Å². The molecule has 0 radical (unpaired) electrons. The number of azo groups is 3. The van der Waals surface area contributed by atoms with Crippen molar-refractivity contribution >= 4 is 55.7 Å². The number of benzene rings is 6. The third-order valence-corrected chi connectivity index (χ3v) is 6.03. The molecule has 0 heterocycles. The average Bonchev–Trinajstić information content (AvgIpc) is 2.99. The Kier molecular flexibility index (Phi) is 6.51. The van der Waals surface area contributed by atoms with E-state index in [1.165, 1.54) is 5.39 Å². The van der Waals surface area contributed by atoms with Crippen molar-refractivity contribution in [3.63, 3.8) is 0 Å². The molecule has 0 saturated carbocycles. The number of rotatable bonds is 6. The van der Waals surface area contributed by atoms with E-state index in [1.54, 1.807) is 0 Å². The Hall–Kier alpha value is -5.36. The maximum absolute atomic E-state index is 4.44. The molecule has 0 aromatic heterocycles. The second kappa shape index (κ2) is 10.7. The van der Waals surface area contributed by atoms with Gasteiger partial charge >= 0.3 is 0 Å². The van der Waals surface area contributed by atoms with Crippen molar-refractivity contribution in [3.05, 3.63) is 133 Å². The first-order valence-corrected chi connectivity index (χ1v) is 12.2. The fourth-order valence-electron chi connectivity index (χ4n) is 4.05. The minimum absolute atomic E-state index is 0.731. The molecule has 0 amide bonds. The minimum atomic E-state index is 0.731. The van der Waals surface area contributed by atoms with Gasteiger partial charge in [0.05, 0.1) is 34.1 Å². The summed E-state index contributed by atoms with van der Waals surface area (Å²) in [6.07, 6.45) is 0. The molecule has 0 atom stereocenters. The highest BCUT2D eigenvalue weighted by Gasteiger charge is 2.00. The fourth-order valence-corrected chi connectivity index (χ4v) is 4.05. The lowest BCUT2D eigenvalue weighted by Crippen LogP contribution is -1.72. The normalized spacial score (nSPS) is 11.9. The molecule has 0 unspecified atom stereocenters. The summed E-state index contributed by atoms with van der Waals surface area (Å²) >= 11 is 0. The van der Waals surface area contributed by atoms with E-state index >= 15 is 0 Å². The Labute approximate surface area is 219 Å². The SMILES string of the molecule is c1ccc2cc(N=Nc3ccc(N=Nc4ccc(N=Nc5cccc6ccccc56)cc4)cc3)ccc2c1. The Balaban J connectivity index is 1.09. The lowest BCUT2D eigenvalue weighted by molar-refractivity contribution is 1.20. The van der Waals surface area contributed by atoms with Crippen molar-refractivity contribution in [1.82, 2.24) is 0 Å². The van der Waals surface area contributed by atoms with Gasteiger partial charge in [0.2, 0.25) is 0 Å². The maximum Gasteiger partial charge on any atom is 0.0935 e. The van der Waals surface area contributed by atoms with Gasteiger partial charge in [-0.3, -0.25) is 0 Å². The first kappa shape index (κ1) is 23.1. The summed E-state index contributed by atoms with van der Waals surface area (Å²) in [4.78, 5) is 0. The molecule has 0 fully saturated rings. The molecule has 6 aromatic carbocycles. The maximum atomic E-state index is 4.44. The van der Waals surface area contributed by atoms with Crippen LogP contribution in [0.1, 0.15) is 0 Å². The number of hydrogen-bond acceptors (Lipinski definition) is 6. The number of nitrogens with zero attached hydrogens (tertiary/aromatic N) is 6. The quantitative estimate of drug-likeness (QED) is 0.208. The van der Waals surface area contributed by atoms with E-state index in [1.807, 2.05) is 109 Å². The predicted molar refractivity (Wildman–Crippen MR) is 153 cm³/mol. The second-order valence-corrected chi connectivity index (χ2v) is 8.66. The molecule has 0 aliphatic carbocycles. The van der Waals surface area contributed by atoms with Crippen LogP contribution in [0.15, 0.2) is 164 Å². The molecule has 0 aliphatic heterocycles. The third kappa shape index (κ3) is 5.39. The molecule has 0 N–H and O–H groups in total. The van der Waals surface area contributed by atoms with E-state index in [2.05, 4.69) is 55.0 Å². The van der Waals surface area contributed by atoms with Gasteiger partial charge in [0, 0.05) is 5.39 Å². The zero-order chi connectivity index (χ0) is 25.6. The van der Waals surface area contributed by atoms with Crippen molar-refractivity contribution in [3.8, 4) is 0 Å². The van der Waals surface area contributed by atoms with Crippen LogP contribution in [0.2, 0.25) is 0 Å². The van der Waals surface area contributed by atoms with E-state index in [9.17, 15) is 0 Å². The third-order valence-electron chi connectivity index (χ3n) is 6.03. The second-order valence-electron chi connectivity index (χ2n) is 8.66. The van der Waals surface area contributed by atoms with Crippen LogP contribution in [-0.4, -0.2) is 0 Å². The van der Waals surface area contributed by atoms with Crippen LogP contribution < -0.4 is 0 Å². The summed E-state index contributed by atoms with van der Waals surface area (Å²) < 4.78 is 0. The molecule has 6 heteroatoms. The molecule has 0 bridgehead atoms. The Morgan fingerprint density at radius 1 is 0.289 bits per heavy atom. The van der Waals surface area contributed by atoms with Gasteiger partial charge in [-0.05, 0) is 82.9 Å². The van der Waals surface area contributed by atoms with E-state index in [0.29, 0.717) is 0 Å². The largest absolute Gasteiger partial charge is 0.151 e. The minimum Gasteiger partial charge on any atom is -0.151 e. The molecule has 180 valence electrons. The van der Waals surface area contributed by atoms with Crippen LogP contribution in [0.3, 0.4) is 0 Å². The van der Waals surface area contributed by atoms with E-state index in [0.717, 1.165) is 50.3 Å². The Bertz CT molecular complexity index is 1800. The zero-order valence-corrected chi connectivity index (χ0v) is 20.4. The van der Waals surface area contributed by atoms with Gasteiger partial charge in [0.1, 0.15) is 0 Å². The van der Waals surface area contributed by atoms with E-state index in [-0.39, 0.29) is 0 Å². The van der Waals surface area contributed by atoms with Gasteiger partial charge in [-0.2, -0.15) is 25.6 Å². The van der Waals surface area contributed by atoms with Gasteiger partial charge < -0.3 is 0 Å². The van der Waals surface area contributed by atoms with Gasteiger partial charge in [0.15, 0.2) is 0 Å². The van der Waals surface area contributed by atoms with Crippen LogP contribution in [0.25, 0.3) is 21.5 Å². The van der Waals surface area contributed by atoms with Crippen molar-refractivity contribution < 1.29 is 0 Å². The lowest BCUT2D eigenvalue weighted by Gasteiger charge is -2.00. The molecule has 6 rings (SSSR count). The summed E-state index contributed by atoms with van der Waals surface area (Å²) in [5, 5.41) is 30.7. The van der Waals surface area contributed by atoms with Gasteiger partial charge in [-0.1, -0.05) is 66.7 Å². The van der Waals surface area contributed by atoms with Gasteiger partial charge in [-0.15, -0.1) is 5.11 Å². The summed E-state index contributed by atoms with van der Waals surface area (Å²) in [5.74, 6) is 0. The number of fused-ring (bicyclic) bond motifs is 2. The van der Waals surface area contributed by atoms with Gasteiger partial charge in [-0.25, -0.2) is 0 Å². The summed E-state index contributed by atoms with van der Waals surface area (Å²) in [6, 6.07) is 43.3. The van der Waals surface area contributed by atoms with Crippen LogP contribution >= 0.6 is 0 Å². The van der Waals surface area contributed by atoms with Crippen LogP contribution in [0.5, 0.6) is 0 Å². The van der Waals surface area contributed by atoms with Crippen LogP contribution in [0, 0.1) is 0 Å². The average molecular weight is 491 g/mol. The van der Waals surface area contributed by atoms with Crippen LogP contribution in [0.4, 0.5) is 34.1 Å². The topological polar surface area (TPSA) is 74.2 Å². The standard InChI is InChI=1S/C32H22N6/c1-2-8-25-22-30(13-12-23(25)6-1)37-35-28-16-14-26(15-17-28)33-34-27-18-20-29(21-19-27)36-38-32-11-5-9-24-7-3-4-10-31(24)32/h1-22H. The van der Waals surface area contributed by atoms with Crippen molar-refractivity contribution in [2.24, 2.45) is 30.7 Å². The fraction of sp³-hybridized carbons (Fsp3) is 0. The predicted octanol–water partition coefficient (Wildman–Crippen LogP) is 11.2.